The Morgan fingerprint density at radius 1 is 1.06 bits per heavy atom. The van der Waals surface area contributed by atoms with E-state index >= 15 is 0 Å². The summed E-state index contributed by atoms with van der Waals surface area (Å²) in [6, 6.07) is 0. The Labute approximate surface area is 108 Å². The molecule has 0 N–H and O–H groups in total. The molecule has 104 valence electrons. The maximum absolute atomic E-state index is 5.75. The molecule has 0 aliphatic heterocycles. The monoisotopic (exact) mass is 244 g/mol. The highest BCUT2D eigenvalue weighted by Gasteiger charge is 2.14. The molecule has 0 bridgehead atoms. The van der Waals surface area contributed by atoms with Crippen LogP contribution in [0.25, 0.3) is 0 Å². The number of unbranched alkanes of at least 4 members (excludes halogenated alkanes) is 1. The second-order valence-corrected chi connectivity index (χ2v) is 5.45. The van der Waals surface area contributed by atoms with E-state index in [-0.39, 0.29) is 5.60 Å². The van der Waals surface area contributed by atoms with E-state index in [0.717, 1.165) is 25.6 Å². The molecule has 0 aliphatic carbocycles. The highest BCUT2D eigenvalue weighted by atomic mass is 16.5. The minimum atomic E-state index is -0.00424. The van der Waals surface area contributed by atoms with Gasteiger partial charge in [-0.15, -0.1) is 0 Å². The summed E-state index contributed by atoms with van der Waals surface area (Å²) in [6.07, 6.45) is 6.17. The normalized spacial score (nSPS) is 13.9. The third-order valence-electron chi connectivity index (χ3n) is 3.47. The summed E-state index contributed by atoms with van der Waals surface area (Å²) in [6.45, 7) is 13.2. The molecule has 0 radical (unpaired) electrons. The van der Waals surface area contributed by atoms with Gasteiger partial charge in [-0.3, -0.25) is 0 Å². The van der Waals surface area contributed by atoms with Crippen molar-refractivity contribution in [3.05, 3.63) is 0 Å². The number of hydrogen-bond donors (Lipinski definition) is 0. The quantitative estimate of drug-likeness (QED) is 0.501. The van der Waals surface area contributed by atoms with Crippen molar-refractivity contribution in [1.82, 2.24) is 0 Å². The molecule has 0 fully saturated rings. The Morgan fingerprint density at radius 3 is 2.29 bits per heavy atom. The van der Waals surface area contributed by atoms with Crippen molar-refractivity contribution in [2.24, 2.45) is 5.92 Å². The average molecular weight is 244 g/mol. The minimum Gasteiger partial charge on any atom is -0.379 e. The fraction of sp³-hybridized carbons (Fsp3) is 1.00. The maximum Gasteiger partial charge on any atom is 0.0707 e. The van der Waals surface area contributed by atoms with Gasteiger partial charge in [0.2, 0.25) is 0 Å². The van der Waals surface area contributed by atoms with Crippen LogP contribution in [0.2, 0.25) is 0 Å². The molecule has 0 saturated heterocycles. The van der Waals surface area contributed by atoms with Gasteiger partial charge in [-0.1, -0.05) is 40.0 Å². The highest BCUT2D eigenvalue weighted by molar-refractivity contribution is 4.64. The van der Waals surface area contributed by atoms with Crippen LogP contribution in [0.1, 0.15) is 66.7 Å². The van der Waals surface area contributed by atoms with Crippen LogP contribution in [-0.2, 0) is 9.47 Å². The third-order valence-corrected chi connectivity index (χ3v) is 3.47. The van der Waals surface area contributed by atoms with Gasteiger partial charge < -0.3 is 9.47 Å². The molecule has 0 aromatic rings. The highest BCUT2D eigenvalue weighted by Crippen LogP contribution is 2.14. The zero-order valence-corrected chi connectivity index (χ0v) is 12.6. The molecule has 0 aromatic heterocycles. The lowest BCUT2D eigenvalue weighted by molar-refractivity contribution is -0.0517. The van der Waals surface area contributed by atoms with Gasteiger partial charge in [0.05, 0.1) is 18.8 Å². The molecule has 0 aliphatic rings. The van der Waals surface area contributed by atoms with Crippen LogP contribution in [0.5, 0.6) is 0 Å². The molecule has 2 heteroatoms. The van der Waals surface area contributed by atoms with Gasteiger partial charge in [0, 0.05) is 6.61 Å². The summed E-state index contributed by atoms with van der Waals surface area (Å²) in [7, 11) is 0. The number of ether oxygens (including phenoxy) is 2. The summed E-state index contributed by atoms with van der Waals surface area (Å²) in [4.78, 5) is 0. The van der Waals surface area contributed by atoms with E-state index in [0.29, 0.717) is 6.61 Å². The van der Waals surface area contributed by atoms with E-state index in [1.54, 1.807) is 0 Å². The molecular weight excluding hydrogens is 212 g/mol. The summed E-state index contributed by atoms with van der Waals surface area (Å²) < 4.78 is 11.4. The van der Waals surface area contributed by atoms with Crippen LogP contribution in [0.4, 0.5) is 0 Å². The van der Waals surface area contributed by atoms with Crippen molar-refractivity contribution in [1.29, 1.82) is 0 Å². The van der Waals surface area contributed by atoms with Crippen molar-refractivity contribution in [3.63, 3.8) is 0 Å². The van der Waals surface area contributed by atoms with Gasteiger partial charge >= 0.3 is 0 Å². The van der Waals surface area contributed by atoms with Crippen molar-refractivity contribution < 1.29 is 9.47 Å². The number of hydrogen-bond acceptors (Lipinski definition) is 2. The SMILES string of the molecule is CCCCC(CC)COCCOC(C)(C)CC. The van der Waals surface area contributed by atoms with Crippen molar-refractivity contribution in [2.75, 3.05) is 19.8 Å². The van der Waals surface area contributed by atoms with Crippen molar-refractivity contribution >= 4 is 0 Å². The molecule has 1 atom stereocenters. The molecule has 2 nitrogen and oxygen atoms in total. The van der Waals surface area contributed by atoms with Crippen LogP contribution in [0.3, 0.4) is 0 Å². The fourth-order valence-corrected chi connectivity index (χ4v) is 1.63. The standard InChI is InChI=1S/C15H32O2/c1-6-9-10-14(7-2)13-16-11-12-17-15(4,5)8-3/h14H,6-13H2,1-5H3. The molecule has 0 spiro atoms. The van der Waals surface area contributed by atoms with E-state index in [9.17, 15) is 0 Å². The Morgan fingerprint density at radius 2 is 1.76 bits per heavy atom. The van der Waals surface area contributed by atoms with Gasteiger partial charge in [0.1, 0.15) is 0 Å². The molecule has 0 rings (SSSR count). The van der Waals surface area contributed by atoms with Crippen molar-refractivity contribution in [3.8, 4) is 0 Å². The Kier molecular flexibility index (Phi) is 9.85. The molecule has 0 heterocycles. The van der Waals surface area contributed by atoms with Crippen LogP contribution >= 0.6 is 0 Å². The van der Waals surface area contributed by atoms with Gasteiger partial charge in [-0.05, 0) is 32.6 Å². The van der Waals surface area contributed by atoms with Crippen molar-refractivity contribution in [2.45, 2.75) is 72.3 Å². The van der Waals surface area contributed by atoms with Gasteiger partial charge in [0.25, 0.3) is 0 Å². The van der Waals surface area contributed by atoms with Crippen LogP contribution in [-0.4, -0.2) is 25.4 Å². The zero-order valence-electron chi connectivity index (χ0n) is 12.6. The van der Waals surface area contributed by atoms with E-state index in [1.807, 2.05) is 0 Å². The molecule has 0 saturated carbocycles. The predicted octanol–water partition coefficient (Wildman–Crippen LogP) is 4.42. The Balaban J connectivity index is 3.48. The lowest BCUT2D eigenvalue weighted by Crippen LogP contribution is -2.25. The summed E-state index contributed by atoms with van der Waals surface area (Å²) >= 11 is 0. The summed E-state index contributed by atoms with van der Waals surface area (Å²) in [5.41, 5.74) is -0.00424. The molecule has 0 aromatic carbocycles. The lowest BCUT2D eigenvalue weighted by atomic mass is 10.0. The van der Waals surface area contributed by atoms with Gasteiger partial charge in [0.15, 0.2) is 0 Å². The topological polar surface area (TPSA) is 18.5 Å². The smallest absolute Gasteiger partial charge is 0.0707 e. The lowest BCUT2D eigenvalue weighted by Gasteiger charge is -2.23. The van der Waals surface area contributed by atoms with E-state index < -0.39 is 0 Å². The second-order valence-electron chi connectivity index (χ2n) is 5.45. The summed E-state index contributed by atoms with van der Waals surface area (Å²) in [5.74, 6) is 0.731. The predicted molar refractivity (Wildman–Crippen MR) is 74.4 cm³/mol. The summed E-state index contributed by atoms with van der Waals surface area (Å²) in [5, 5.41) is 0. The van der Waals surface area contributed by atoms with Gasteiger partial charge in [-0.25, -0.2) is 0 Å². The van der Waals surface area contributed by atoms with Crippen LogP contribution in [0.15, 0.2) is 0 Å². The molecule has 0 amide bonds. The molecular formula is C15H32O2. The maximum atomic E-state index is 5.75. The second kappa shape index (κ2) is 9.90. The van der Waals surface area contributed by atoms with Crippen LogP contribution in [0, 0.1) is 5.92 Å². The van der Waals surface area contributed by atoms with Gasteiger partial charge in [-0.2, -0.15) is 0 Å². The first-order valence-electron chi connectivity index (χ1n) is 7.27. The third kappa shape index (κ3) is 9.61. The van der Waals surface area contributed by atoms with Crippen LogP contribution < -0.4 is 0 Å². The first-order chi connectivity index (χ1) is 8.05. The van der Waals surface area contributed by atoms with E-state index in [1.165, 1.54) is 25.7 Å². The molecule has 1 unspecified atom stereocenters. The first kappa shape index (κ1) is 16.9. The van der Waals surface area contributed by atoms with E-state index in [2.05, 4.69) is 34.6 Å². The minimum absolute atomic E-state index is 0.00424. The van der Waals surface area contributed by atoms with E-state index in [4.69, 9.17) is 9.47 Å². The fourth-order valence-electron chi connectivity index (χ4n) is 1.63. The first-order valence-corrected chi connectivity index (χ1v) is 7.27. The Hall–Kier alpha value is -0.0800. The average Bonchev–Trinajstić information content (AvgIpc) is 2.32. The Bertz CT molecular complexity index is 166. The zero-order chi connectivity index (χ0) is 13.1. The largest absolute Gasteiger partial charge is 0.379 e. The molecule has 17 heavy (non-hydrogen) atoms. The number of rotatable bonds is 11.